The molecule has 0 amide bonds. The second-order valence-corrected chi connectivity index (χ2v) is 7.45. The first-order valence-corrected chi connectivity index (χ1v) is 8.58. The van der Waals surface area contributed by atoms with E-state index in [1.54, 1.807) is 6.20 Å². The van der Waals surface area contributed by atoms with Crippen molar-refractivity contribution in [1.82, 2.24) is 10.3 Å². The molecule has 1 aromatic rings. The average Bonchev–Trinajstić information content (AvgIpc) is 3.17. The van der Waals surface area contributed by atoms with Gasteiger partial charge in [0.25, 0.3) is 0 Å². The van der Waals surface area contributed by atoms with E-state index in [1.807, 2.05) is 24.1 Å². The molecule has 0 bridgehead atoms. The Bertz CT molecular complexity index is 526. The Labute approximate surface area is 114 Å². The summed E-state index contributed by atoms with van der Waals surface area (Å²) in [5.41, 5.74) is 1.12. The Kier molecular flexibility index (Phi) is 4.42. The minimum absolute atomic E-state index is 0.148. The summed E-state index contributed by atoms with van der Waals surface area (Å²) in [6.45, 7) is 1.25. The summed E-state index contributed by atoms with van der Waals surface area (Å²) in [6, 6.07) is 4.60. The highest BCUT2D eigenvalue weighted by atomic mass is 32.2. The third-order valence-corrected chi connectivity index (χ3v) is 4.11. The molecule has 1 N–H and O–H groups in total. The molecule has 1 heterocycles. The first-order chi connectivity index (χ1) is 8.96. The van der Waals surface area contributed by atoms with Crippen LogP contribution in [0, 0.1) is 0 Å². The minimum Gasteiger partial charge on any atom is -0.358 e. The number of nitrogens with zero attached hydrogens (tertiary/aromatic N) is 2. The fraction of sp³-hybridized carbons (Fsp3) is 0.615. The van der Waals surface area contributed by atoms with Gasteiger partial charge in [-0.25, -0.2) is 13.4 Å². The summed E-state index contributed by atoms with van der Waals surface area (Å²) < 4.78 is 22.4. The molecule has 19 heavy (non-hydrogen) atoms. The lowest BCUT2D eigenvalue weighted by Gasteiger charge is -2.20. The SMILES string of the molecule is CN(CCS(C)(=O)=O)c1ncccc1CNC1CC1. The average molecular weight is 283 g/mol. The largest absolute Gasteiger partial charge is 0.358 e. The highest BCUT2D eigenvalue weighted by molar-refractivity contribution is 7.90. The molecular formula is C13H21N3O2S. The van der Waals surface area contributed by atoms with Crippen molar-refractivity contribution in [2.24, 2.45) is 0 Å². The smallest absolute Gasteiger partial charge is 0.149 e. The van der Waals surface area contributed by atoms with Crippen molar-refractivity contribution in [1.29, 1.82) is 0 Å². The molecule has 1 aromatic heterocycles. The molecule has 1 saturated carbocycles. The predicted molar refractivity (Wildman–Crippen MR) is 77.1 cm³/mol. The van der Waals surface area contributed by atoms with Gasteiger partial charge in [-0.1, -0.05) is 6.07 Å². The second kappa shape index (κ2) is 5.88. The number of sulfone groups is 1. The van der Waals surface area contributed by atoms with E-state index in [-0.39, 0.29) is 5.75 Å². The van der Waals surface area contributed by atoms with E-state index in [4.69, 9.17) is 0 Å². The van der Waals surface area contributed by atoms with Gasteiger partial charge in [0.2, 0.25) is 0 Å². The van der Waals surface area contributed by atoms with Gasteiger partial charge in [0, 0.05) is 44.2 Å². The third-order valence-electron chi connectivity index (χ3n) is 3.19. The fourth-order valence-electron chi connectivity index (χ4n) is 1.86. The van der Waals surface area contributed by atoms with Gasteiger partial charge >= 0.3 is 0 Å². The number of rotatable bonds is 7. The lowest BCUT2D eigenvalue weighted by atomic mass is 10.2. The van der Waals surface area contributed by atoms with Crippen molar-refractivity contribution in [3.8, 4) is 0 Å². The lowest BCUT2D eigenvalue weighted by Crippen LogP contribution is -2.27. The van der Waals surface area contributed by atoms with E-state index >= 15 is 0 Å². The normalized spacial score (nSPS) is 15.5. The number of anilines is 1. The van der Waals surface area contributed by atoms with Crippen LogP contribution < -0.4 is 10.2 Å². The van der Waals surface area contributed by atoms with Gasteiger partial charge < -0.3 is 10.2 Å². The van der Waals surface area contributed by atoms with Crippen LogP contribution in [0.4, 0.5) is 5.82 Å². The fourth-order valence-corrected chi connectivity index (χ4v) is 2.47. The summed E-state index contributed by atoms with van der Waals surface area (Å²) in [5, 5.41) is 3.46. The molecule has 0 unspecified atom stereocenters. The zero-order valence-electron chi connectivity index (χ0n) is 11.5. The quantitative estimate of drug-likeness (QED) is 0.802. The van der Waals surface area contributed by atoms with Crippen LogP contribution in [0.15, 0.2) is 18.3 Å². The van der Waals surface area contributed by atoms with Crippen LogP contribution in [0.2, 0.25) is 0 Å². The zero-order valence-corrected chi connectivity index (χ0v) is 12.3. The molecule has 0 radical (unpaired) electrons. The topological polar surface area (TPSA) is 62.3 Å². The van der Waals surface area contributed by atoms with E-state index in [0.717, 1.165) is 17.9 Å². The molecule has 106 valence electrons. The van der Waals surface area contributed by atoms with Crippen LogP contribution in [-0.2, 0) is 16.4 Å². The minimum atomic E-state index is -2.94. The highest BCUT2D eigenvalue weighted by Crippen LogP contribution is 2.21. The Morgan fingerprint density at radius 3 is 2.84 bits per heavy atom. The van der Waals surface area contributed by atoms with E-state index in [2.05, 4.69) is 10.3 Å². The molecule has 1 aliphatic rings. The summed E-state index contributed by atoms with van der Waals surface area (Å²) in [7, 11) is -1.06. The van der Waals surface area contributed by atoms with Crippen molar-refractivity contribution in [2.45, 2.75) is 25.4 Å². The lowest BCUT2D eigenvalue weighted by molar-refractivity contribution is 0.601. The molecule has 6 heteroatoms. The Morgan fingerprint density at radius 2 is 2.21 bits per heavy atom. The summed E-state index contributed by atoms with van der Waals surface area (Å²) in [4.78, 5) is 6.28. The maximum atomic E-state index is 11.2. The molecule has 5 nitrogen and oxygen atoms in total. The van der Waals surface area contributed by atoms with Gasteiger partial charge in [-0.15, -0.1) is 0 Å². The predicted octanol–water partition coefficient (Wildman–Crippen LogP) is 0.814. The van der Waals surface area contributed by atoms with Crippen LogP contribution in [0.3, 0.4) is 0 Å². The number of hydrogen-bond acceptors (Lipinski definition) is 5. The van der Waals surface area contributed by atoms with Crippen LogP contribution in [0.5, 0.6) is 0 Å². The van der Waals surface area contributed by atoms with Crippen molar-refractivity contribution in [3.05, 3.63) is 23.9 Å². The molecule has 0 spiro atoms. The molecule has 1 fully saturated rings. The number of nitrogens with one attached hydrogen (secondary N) is 1. The summed E-state index contributed by atoms with van der Waals surface area (Å²) in [6.07, 6.45) is 5.50. The second-order valence-electron chi connectivity index (χ2n) is 5.19. The van der Waals surface area contributed by atoms with Crippen molar-refractivity contribution >= 4 is 15.7 Å². The van der Waals surface area contributed by atoms with Crippen molar-refractivity contribution < 1.29 is 8.42 Å². The monoisotopic (exact) mass is 283 g/mol. The van der Waals surface area contributed by atoms with Gasteiger partial charge in [0.1, 0.15) is 15.7 Å². The number of pyridine rings is 1. The Morgan fingerprint density at radius 1 is 1.47 bits per heavy atom. The summed E-state index contributed by atoms with van der Waals surface area (Å²) in [5.74, 6) is 1.01. The van der Waals surface area contributed by atoms with Gasteiger partial charge in [0.05, 0.1) is 5.75 Å². The molecule has 1 aliphatic carbocycles. The van der Waals surface area contributed by atoms with Gasteiger partial charge in [-0.3, -0.25) is 0 Å². The molecule has 2 rings (SSSR count). The molecule has 0 atom stereocenters. The Balaban J connectivity index is 2.00. The number of hydrogen-bond donors (Lipinski definition) is 1. The standard InChI is InChI=1S/C13H21N3O2S/c1-16(8-9-19(2,17)18)13-11(4-3-7-14-13)10-15-12-5-6-12/h3-4,7,12,15H,5-6,8-10H2,1-2H3. The van der Waals surface area contributed by atoms with Gasteiger partial charge in [0.15, 0.2) is 0 Å². The molecular weight excluding hydrogens is 262 g/mol. The zero-order chi connectivity index (χ0) is 13.9. The van der Waals surface area contributed by atoms with Crippen LogP contribution in [0.1, 0.15) is 18.4 Å². The van der Waals surface area contributed by atoms with E-state index in [0.29, 0.717) is 12.6 Å². The molecule has 0 aliphatic heterocycles. The third kappa shape index (κ3) is 4.80. The first kappa shape index (κ1) is 14.3. The van der Waals surface area contributed by atoms with E-state index < -0.39 is 9.84 Å². The summed E-state index contributed by atoms with van der Waals surface area (Å²) >= 11 is 0. The number of aromatic nitrogens is 1. The van der Waals surface area contributed by atoms with Crippen LogP contribution in [0.25, 0.3) is 0 Å². The van der Waals surface area contributed by atoms with Crippen LogP contribution >= 0.6 is 0 Å². The highest BCUT2D eigenvalue weighted by Gasteiger charge is 2.21. The Hall–Kier alpha value is -1.14. The van der Waals surface area contributed by atoms with Crippen molar-refractivity contribution in [3.63, 3.8) is 0 Å². The van der Waals surface area contributed by atoms with Crippen molar-refractivity contribution in [2.75, 3.05) is 30.5 Å². The molecule has 0 saturated heterocycles. The van der Waals surface area contributed by atoms with Gasteiger partial charge in [-0.2, -0.15) is 0 Å². The van der Waals surface area contributed by atoms with Crippen LogP contribution in [-0.4, -0.2) is 45.0 Å². The van der Waals surface area contributed by atoms with E-state index in [1.165, 1.54) is 19.1 Å². The first-order valence-electron chi connectivity index (χ1n) is 6.52. The maximum Gasteiger partial charge on any atom is 0.149 e. The molecule has 0 aromatic carbocycles. The van der Waals surface area contributed by atoms with Gasteiger partial charge in [-0.05, 0) is 18.9 Å². The van der Waals surface area contributed by atoms with E-state index in [9.17, 15) is 8.42 Å². The maximum absolute atomic E-state index is 11.2.